The van der Waals surface area contributed by atoms with E-state index in [-0.39, 0.29) is 0 Å². The smallest absolute Gasteiger partial charge is 0.118 e. The van der Waals surface area contributed by atoms with Crippen LogP contribution in [0.3, 0.4) is 0 Å². The van der Waals surface area contributed by atoms with Crippen molar-refractivity contribution >= 4 is 21.8 Å². The largest absolute Gasteiger partial charge is 0.508 e. The number of nitrogens with one attached hydrogen (secondary N) is 1. The number of aromatic amines is 1. The number of benzene rings is 2. The van der Waals surface area contributed by atoms with Gasteiger partial charge in [-0.1, -0.05) is 0 Å². The summed E-state index contributed by atoms with van der Waals surface area (Å²) in [7, 11) is 0. The number of hydrogen-bond donors (Lipinski definition) is 2. The zero-order valence-corrected chi connectivity index (χ0v) is 14.3. The minimum Gasteiger partial charge on any atom is -0.508 e. The average molecular weight is 328 g/mol. The first-order valence-corrected chi connectivity index (χ1v) is 8.93. The monoisotopic (exact) mass is 328 g/mol. The van der Waals surface area contributed by atoms with E-state index in [9.17, 15) is 5.11 Å². The second kappa shape index (κ2) is 5.35. The zero-order valence-electron chi connectivity index (χ0n) is 14.3. The third-order valence-corrected chi connectivity index (χ3v) is 5.49. The molecule has 124 valence electrons. The zero-order chi connectivity index (χ0) is 17.0. The van der Waals surface area contributed by atoms with E-state index in [4.69, 9.17) is 0 Å². The number of phenols is 1. The third-order valence-electron chi connectivity index (χ3n) is 5.49. The minimum atomic E-state index is 0.350. The Morgan fingerprint density at radius 3 is 2.68 bits per heavy atom. The van der Waals surface area contributed by atoms with Gasteiger partial charge in [-0.15, -0.1) is 0 Å². The Morgan fingerprint density at radius 1 is 1.00 bits per heavy atom. The number of aromatic hydroxyl groups is 1. The maximum Gasteiger partial charge on any atom is 0.118 e. The predicted octanol–water partition coefficient (Wildman–Crippen LogP) is 5.28. The van der Waals surface area contributed by atoms with Crippen LogP contribution in [-0.2, 0) is 12.8 Å². The van der Waals surface area contributed by atoms with Crippen molar-refractivity contribution in [3.63, 3.8) is 0 Å². The minimum absolute atomic E-state index is 0.350. The van der Waals surface area contributed by atoms with E-state index >= 15 is 0 Å². The normalized spacial score (nSPS) is 14.1. The molecule has 4 aromatic rings. The molecule has 3 heteroatoms. The molecule has 25 heavy (non-hydrogen) atoms. The van der Waals surface area contributed by atoms with Crippen LogP contribution in [0.2, 0.25) is 0 Å². The van der Waals surface area contributed by atoms with E-state index in [1.54, 1.807) is 6.07 Å². The molecule has 0 aliphatic heterocycles. The summed E-state index contributed by atoms with van der Waals surface area (Å²) >= 11 is 0. The van der Waals surface area contributed by atoms with Crippen LogP contribution in [0.5, 0.6) is 5.75 Å². The van der Waals surface area contributed by atoms with Crippen molar-refractivity contribution in [1.82, 2.24) is 9.97 Å². The second-order valence-electron chi connectivity index (χ2n) is 7.03. The van der Waals surface area contributed by atoms with Gasteiger partial charge in [0.2, 0.25) is 0 Å². The van der Waals surface area contributed by atoms with Crippen LogP contribution in [0.25, 0.3) is 33.1 Å². The summed E-state index contributed by atoms with van der Waals surface area (Å²) in [5.74, 6) is 0.350. The highest BCUT2D eigenvalue weighted by molar-refractivity contribution is 6.08. The van der Waals surface area contributed by atoms with E-state index in [0.29, 0.717) is 5.75 Å². The molecule has 0 saturated heterocycles. The molecule has 5 rings (SSSR count). The first kappa shape index (κ1) is 14.5. The van der Waals surface area contributed by atoms with Crippen molar-refractivity contribution in [2.24, 2.45) is 0 Å². The summed E-state index contributed by atoms with van der Waals surface area (Å²) in [5, 5.41) is 12.5. The molecular formula is C22H20N2O. The molecule has 0 saturated carbocycles. The summed E-state index contributed by atoms with van der Waals surface area (Å²) in [6, 6.07) is 12.3. The van der Waals surface area contributed by atoms with Crippen LogP contribution in [0.1, 0.15) is 29.5 Å². The van der Waals surface area contributed by atoms with Crippen molar-refractivity contribution < 1.29 is 5.11 Å². The Labute approximate surface area is 146 Å². The highest BCUT2D eigenvalue weighted by Gasteiger charge is 2.20. The van der Waals surface area contributed by atoms with Crippen molar-refractivity contribution in [1.29, 1.82) is 0 Å². The number of rotatable bonds is 1. The van der Waals surface area contributed by atoms with Gasteiger partial charge in [-0.3, -0.25) is 4.98 Å². The van der Waals surface area contributed by atoms with E-state index in [2.05, 4.69) is 34.2 Å². The van der Waals surface area contributed by atoms with Crippen LogP contribution in [-0.4, -0.2) is 15.1 Å². The van der Waals surface area contributed by atoms with Gasteiger partial charge in [-0.05, 0) is 91.3 Å². The Balaban J connectivity index is 1.88. The lowest BCUT2D eigenvalue weighted by molar-refractivity contribution is 0.471. The van der Waals surface area contributed by atoms with Gasteiger partial charge >= 0.3 is 0 Å². The van der Waals surface area contributed by atoms with Gasteiger partial charge in [0.1, 0.15) is 5.75 Å². The number of aryl methyl sites for hydroxylation is 2. The molecule has 1 aliphatic rings. The van der Waals surface area contributed by atoms with Crippen molar-refractivity contribution in [2.75, 3.05) is 0 Å². The number of fused-ring (bicyclic) bond motifs is 5. The molecule has 2 aromatic carbocycles. The van der Waals surface area contributed by atoms with E-state index in [0.717, 1.165) is 29.5 Å². The number of hydrogen-bond acceptors (Lipinski definition) is 2. The maximum atomic E-state index is 9.88. The van der Waals surface area contributed by atoms with Crippen LogP contribution in [0.15, 0.2) is 42.6 Å². The summed E-state index contributed by atoms with van der Waals surface area (Å²) in [4.78, 5) is 8.17. The fourth-order valence-electron chi connectivity index (χ4n) is 4.24. The summed E-state index contributed by atoms with van der Waals surface area (Å²) < 4.78 is 0. The quantitative estimate of drug-likeness (QED) is 0.500. The van der Waals surface area contributed by atoms with Crippen LogP contribution < -0.4 is 0 Å². The molecule has 0 spiro atoms. The molecule has 1 aliphatic carbocycles. The summed E-state index contributed by atoms with van der Waals surface area (Å²) in [6.07, 6.45) is 6.59. The maximum absolute atomic E-state index is 9.88. The highest BCUT2D eigenvalue weighted by Crippen LogP contribution is 2.38. The fourth-order valence-corrected chi connectivity index (χ4v) is 4.24. The molecule has 3 nitrogen and oxygen atoms in total. The van der Waals surface area contributed by atoms with E-state index in [1.807, 2.05) is 19.2 Å². The van der Waals surface area contributed by atoms with Crippen molar-refractivity contribution in [3.8, 4) is 17.0 Å². The van der Waals surface area contributed by atoms with Crippen LogP contribution in [0.4, 0.5) is 0 Å². The molecule has 0 atom stereocenters. The highest BCUT2D eigenvalue weighted by atomic mass is 16.3. The third kappa shape index (κ3) is 2.15. The Hall–Kier alpha value is -2.81. The van der Waals surface area contributed by atoms with Gasteiger partial charge in [0, 0.05) is 28.2 Å². The number of nitrogens with zero attached hydrogens (tertiary/aromatic N) is 1. The predicted molar refractivity (Wildman–Crippen MR) is 102 cm³/mol. The molecule has 2 N–H and O–H groups in total. The SMILES string of the molecule is Cc1cc(-c2[nH]c3ccc4nccc4c3c3c2CCCC3)ccc1O. The Morgan fingerprint density at radius 2 is 1.84 bits per heavy atom. The first-order valence-electron chi connectivity index (χ1n) is 8.93. The van der Waals surface area contributed by atoms with Crippen molar-refractivity contribution in [3.05, 3.63) is 59.3 Å². The number of H-pyrrole nitrogens is 1. The van der Waals surface area contributed by atoms with Crippen molar-refractivity contribution in [2.45, 2.75) is 32.6 Å². The van der Waals surface area contributed by atoms with Gasteiger partial charge in [-0.25, -0.2) is 0 Å². The lowest BCUT2D eigenvalue weighted by Gasteiger charge is -2.23. The Kier molecular flexibility index (Phi) is 3.11. The summed E-state index contributed by atoms with van der Waals surface area (Å²) in [6.45, 7) is 1.95. The van der Waals surface area contributed by atoms with E-state index < -0.39 is 0 Å². The number of aromatic nitrogens is 2. The van der Waals surface area contributed by atoms with Crippen LogP contribution in [0, 0.1) is 6.92 Å². The molecule has 2 aromatic heterocycles. The molecule has 2 heterocycles. The van der Waals surface area contributed by atoms with Gasteiger partial charge in [0.25, 0.3) is 0 Å². The second-order valence-corrected chi connectivity index (χ2v) is 7.03. The van der Waals surface area contributed by atoms with Gasteiger partial charge in [0.15, 0.2) is 0 Å². The Bertz CT molecular complexity index is 1120. The lowest BCUT2D eigenvalue weighted by Crippen LogP contribution is -2.08. The number of phenolic OH excluding ortho intramolecular Hbond substituents is 1. The molecule has 0 unspecified atom stereocenters. The molecule has 0 radical (unpaired) electrons. The molecular weight excluding hydrogens is 308 g/mol. The number of pyridine rings is 1. The van der Waals surface area contributed by atoms with Crippen LogP contribution >= 0.6 is 0 Å². The van der Waals surface area contributed by atoms with E-state index in [1.165, 1.54) is 46.0 Å². The fraction of sp³-hybridized carbons (Fsp3) is 0.227. The average Bonchev–Trinajstić information content (AvgIpc) is 3.12. The molecule has 0 fully saturated rings. The summed E-state index contributed by atoms with van der Waals surface area (Å²) in [5.41, 5.74) is 8.40. The van der Waals surface area contributed by atoms with Gasteiger partial charge in [0.05, 0.1) is 5.52 Å². The lowest BCUT2D eigenvalue weighted by atomic mass is 9.85. The molecule has 0 bridgehead atoms. The standard InChI is InChI=1S/C22H20N2O/c1-13-12-14(6-9-20(13)25)22-16-5-3-2-4-15(16)21-17-10-11-23-18(17)7-8-19(21)24-22/h6-12,24-25H,2-5H2,1H3. The van der Waals surface area contributed by atoms with Gasteiger partial charge in [-0.2, -0.15) is 0 Å². The first-order chi connectivity index (χ1) is 12.2. The molecule has 0 amide bonds. The van der Waals surface area contributed by atoms with Gasteiger partial charge < -0.3 is 10.1 Å². The topological polar surface area (TPSA) is 48.9 Å².